The van der Waals surface area contributed by atoms with Crippen LogP contribution in [0.25, 0.3) is 0 Å². The number of rotatable bonds is 9. The molecule has 1 aliphatic rings. The molecule has 2 heterocycles. The largest absolute Gasteiger partial charge is 0.496 e. The van der Waals surface area contributed by atoms with Crippen molar-refractivity contribution in [1.29, 1.82) is 0 Å². The normalized spacial score (nSPS) is 15.9. The summed E-state index contributed by atoms with van der Waals surface area (Å²) in [6.45, 7) is 0.636. The van der Waals surface area contributed by atoms with Crippen LogP contribution in [0.3, 0.4) is 0 Å². The zero-order valence-corrected chi connectivity index (χ0v) is 16.3. The topological polar surface area (TPSA) is 101 Å². The molecule has 0 bridgehead atoms. The third-order valence-electron chi connectivity index (χ3n) is 4.78. The number of pyridine rings is 1. The number of amides is 4. The standard InChI is InChI=1S/C21H24N4O4/c1-29-18-7-3-2-6-16(18)10-12-25-20(27)17(24-21(25)28)8-9-19(26)23-14-15-5-4-11-22-13-15/h2-7,11,13,17H,8-10,12,14H2,1H3,(H,23,26)(H,24,28)/t17-/m0/s1. The summed E-state index contributed by atoms with van der Waals surface area (Å²) >= 11 is 0. The van der Waals surface area contributed by atoms with Gasteiger partial charge in [-0.2, -0.15) is 0 Å². The number of imide groups is 1. The number of aromatic nitrogens is 1. The van der Waals surface area contributed by atoms with Gasteiger partial charge in [-0.05, 0) is 36.1 Å². The van der Waals surface area contributed by atoms with Crippen molar-refractivity contribution in [2.24, 2.45) is 0 Å². The van der Waals surface area contributed by atoms with Crippen LogP contribution in [-0.4, -0.2) is 47.4 Å². The Hall–Kier alpha value is -3.42. The number of nitrogens with zero attached hydrogens (tertiary/aromatic N) is 2. The van der Waals surface area contributed by atoms with Gasteiger partial charge >= 0.3 is 6.03 Å². The van der Waals surface area contributed by atoms with Gasteiger partial charge in [0.1, 0.15) is 11.8 Å². The van der Waals surface area contributed by atoms with Crippen molar-refractivity contribution in [2.75, 3.05) is 13.7 Å². The molecule has 29 heavy (non-hydrogen) atoms. The van der Waals surface area contributed by atoms with Gasteiger partial charge in [0, 0.05) is 31.9 Å². The highest BCUT2D eigenvalue weighted by Gasteiger charge is 2.37. The summed E-state index contributed by atoms with van der Waals surface area (Å²) in [6.07, 6.45) is 4.26. The maximum atomic E-state index is 12.6. The van der Waals surface area contributed by atoms with Crippen molar-refractivity contribution < 1.29 is 19.1 Å². The number of methoxy groups -OCH3 is 1. The molecule has 1 fully saturated rings. The van der Waals surface area contributed by atoms with E-state index in [2.05, 4.69) is 15.6 Å². The number of benzene rings is 1. The average Bonchev–Trinajstić information content (AvgIpc) is 3.02. The molecule has 1 aromatic heterocycles. The Morgan fingerprint density at radius 1 is 1.24 bits per heavy atom. The highest BCUT2D eigenvalue weighted by molar-refractivity contribution is 6.04. The van der Waals surface area contributed by atoms with E-state index in [9.17, 15) is 14.4 Å². The van der Waals surface area contributed by atoms with Gasteiger partial charge in [-0.1, -0.05) is 24.3 Å². The van der Waals surface area contributed by atoms with Gasteiger partial charge in [-0.3, -0.25) is 19.5 Å². The van der Waals surface area contributed by atoms with Crippen molar-refractivity contribution in [2.45, 2.75) is 31.8 Å². The molecule has 4 amide bonds. The van der Waals surface area contributed by atoms with Crippen LogP contribution in [0.2, 0.25) is 0 Å². The Labute approximate surface area is 169 Å². The number of urea groups is 1. The summed E-state index contributed by atoms with van der Waals surface area (Å²) < 4.78 is 5.30. The zero-order valence-electron chi connectivity index (χ0n) is 16.3. The predicted molar refractivity (Wildman–Crippen MR) is 106 cm³/mol. The molecule has 8 nitrogen and oxygen atoms in total. The third-order valence-corrected chi connectivity index (χ3v) is 4.78. The van der Waals surface area contributed by atoms with Crippen LogP contribution < -0.4 is 15.4 Å². The fourth-order valence-corrected chi connectivity index (χ4v) is 3.19. The minimum absolute atomic E-state index is 0.150. The van der Waals surface area contributed by atoms with Gasteiger partial charge in [-0.25, -0.2) is 4.79 Å². The molecule has 1 atom stereocenters. The second-order valence-corrected chi connectivity index (χ2v) is 6.73. The van der Waals surface area contributed by atoms with Crippen molar-refractivity contribution in [1.82, 2.24) is 20.5 Å². The Balaban J connectivity index is 1.46. The zero-order chi connectivity index (χ0) is 20.6. The predicted octanol–water partition coefficient (Wildman–Crippen LogP) is 1.65. The van der Waals surface area contributed by atoms with E-state index in [1.165, 1.54) is 4.90 Å². The highest BCUT2D eigenvalue weighted by atomic mass is 16.5. The molecule has 1 aliphatic heterocycles. The Morgan fingerprint density at radius 2 is 2.07 bits per heavy atom. The molecule has 1 saturated heterocycles. The molecular formula is C21H24N4O4. The fraction of sp³-hybridized carbons (Fsp3) is 0.333. The van der Waals surface area contributed by atoms with E-state index in [1.807, 2.05) is 30.3 Å². The lowest BCUT2D eigenvalue weighted by Gasteiger charge is -2.14. The smallest absolute Gasteiger partial charge is 0.324 e. The van der Waals surface area contributed by atoms with Gasteiger partial charge in [0.15, 0.2) is 0 Å². The first kappa shape index (κ1) is 20.3. The second kappa shape index (κ2) is 9.68. The minimum Gasteiger partial charge on any atom is -0.496 e. The number of hydrogen-bond donors (Lipinski definition) is 2. The van der Waals surface area contributed by atoms with E-state index >= 15 is 0 Å². The average molecular weight is 396 g/mol. The number of carbonyl (C=O) groups is 3. The van der Waals surface area contributed by atoms with Gasteiger partial charge in [-0.15, -0.1) is 0 Å². The maximum absolute atomic E-state index is 12.6. The first-order valence-electron chi connectivity index (χ1n) is 9.48. The Bertz CT molecular complexity index is 872. The first-order valence-corrected chi connectivity index (χ1v) is 9.48. The van der Waals surface area contributed by atoms with Gasteiger partial charge in [0.05, 0.1) is 7.11 Å². The minimum atomic E-state index is -0.677. The summed E-state index contributed by atoms with van der Waals surface area (Å²) in [5, 5.41) is 5.45. The summed E-state index contributed by atoms with van der Waals surface area (Å²) in [4.78, 5) is 42.0. The quantitative estimate of drug-likeness (QED) is 0.628. The van der Waals surface area contributed by atoms with E-state index in [-0.39, 0.29) is 31.2 Å². The van der Waals surface area contributed by atoms with Crippen LogP contribution in [0.15, 0.2) is 48.8 Å². The summed E-state index contributed by atoms with van der Waals surface area (Å²) in [7, 11) is 1.59. The molecule has 2 aromatic rings. The van der Waals surface area contributed by atoms with Crippen molar-refractivity contribution in [3.05, 3.63) is 59.9 Å². The molecule has 0 radical (unpaired) electrons. The van der Waals surface area contributed by atoms with Crippen LogP contribution in [0.4, 0.5) is 4.79 Å². The molecule has 0 spiro atoms. The van der Waals surface area contributed by atoms with E-state index in [4.69, 9.17) is 4.74 Å². The summed E-state index contributed by atoms with van der Waals surface area (Å²) in [5.74, 6) is 0.245. The lowest BCUT2D eigenvalue weighted by Crippen LogP contribution is -2.34. The van der Waals surface area contributed by atoms with Crippen LogP contribution in [0, 0.1) is 0 Å². The molecule has 2 N–H and O–H groups in total. The van der Waals surface area contributed by atoms with E-state index in [0.717, 1.165) is 16.9 Å². The Kier molecular flexibility index (Phi) is 6.78. The SMILES string of the molecule is COc1ccccc1CCN1C(=O)N[C@@H](CCC(=O)NCc2cccnc2)C1=O. The second-order valence-electron chi connectivity index (χ2n) is 6.73. The van der Waals surface area contributed by atoms with Gasteiger partial charge in [0.2, 0.25) is 5.91 Å². The molecule has 0 aliphatic carbocycles. The van der Waals surface area contributed by atoms with Crippen LogP contribution in [-0.2, 0) is 22.6 Å². The number of para-hydroxylation sites is 1. The summed E-state index contributed by atoms with van der Waals surface area (Å²) in [5.41, 5.74) is 1.82. The van der Waals surface area contributed by atoms with Crippen LogP contribution in [0.1, 0.15) is 24.0 Å². The highest BCUT2D eigenvalue weighted by Crippen LogP contribution is 2.19. The lowest BCUT2D eigenvalue weighted by atomic mass is 10.1. The number of carbonyl (C=O) groups excluding carboxylic acids is 3. The molecule has 0 unspecified atom stereocenters. The van der Waals surface area contributed by atoms with E-state index in [1.54, 1.807) is 25.6 Å². The fourth-order valence-electron chi connectivity index (χ4n) is 3.19. The molecule has 3 rings (SSSR count). The first-order chi connectivity index (χ1) is 14.1. The molecule has 152 valence electrons. The van der Waals surface area contributed by atoms with Gasteiger partial charge in [0.25, 0.3) is 5.91 Å². The van der Waals surface area contributed by atoms with Crippen molar-refractivity contribution in [3.63, 3.8) is 0 Å². The van der Waals surface area contributed by atoms with E-state index in [0.29, 0.717) is 13.0 Å². The number of hydrogen-bond acceptors (Lipinski definition) is 5. The molecular weight excluding hydrogens is 372 g/mol. The maximum Gasteiger partial charge on any atom is 0.324 e. The van der Waals surface area contributed by atoms with Gasteiger partial charge < -0.3 is 15.4 Å². The van der Waals surface area contributed by atoms with Crippen LogP contribution >= 0.6 is 0 Å². The van der Waals surface area contributed by atoms with E-state index < -0.39 is 12.1 Å². The van der Waals surface area contributed by atoms with Crippen molar-refractivity contribution >= 4 is 17.8 Å². The number of nitrogens with one attached hydrogen (secondary N) is 2. The third kappa shape index (κ3) is 5.31. The lowest BCUT2D eigenvalue weighted by molar-refractivity contribution is -0.127. The monoisotopic (exact) mass is 396 g/mol. The molecule has 0 saturated carbocycles. The molecule has 1 aromatic carbocycles. The Morgan fingerprint density at radius 3 is 2.83 bits per heavy atom. The van der Waals surface area contributed by atoms with Crippen molar-refractivity contribution in [3.8, 4) is 5.75 Å². The number of ether oxygens (including phenoxy) is 1. The molecule has 8 heteroatoms. The summed E-state index contributed by atoms with van der Waals surface area (Å²) in [6, 6.07) is 10.1. The van der Waals surface area contributed by atoms with Crippen LogP contribution in [0.5, 0.6) is 5.75 Å².